The van der Waals surface area contributed by atoms with Gasteiger partial charge in [0.25, 0.3) is 5.91 Å². The van der Waals surface area contributed by atoms with Crippen LogP contribution in [0.4, 0.5) is 5.82 Å². The summed E-state index contributed by atoms with van der Waals surface area (Å²) in [6.07, 6.45) is 3.08. The SMILES string of the molecule is COc1c(OCC(CN2CCSCC2)N=O)ccc2c3n(c(=NC(=O)c4cccnc4)nc12)CCN3. The number of fused-ring (bicyclic) bond motifs is 3. The van der Waals surface area contributed by atoms with Crippen molar-refractivity contribution in [3.63, 3.8) is 0 Å². The van der Waals surface area contributed by atoms with Gasteiger partial charge in [-0.25, -0.2) is 4.98 Å². The summed E-state index contributed by atoms with van der Waals surface area (Å²) in [7, 11) is 1.54. The van der Waals surface area contributed by atoms with Crippen LogP contribution >= 0.6 is 11.8 Å². The molecule has 0 radical (unpaired) electrons. The zero-order chi connectivity index (χ0) is 24.9. The van der Waals surface area contributed by atoms with Gasteiger partial charge >= 0.3 is 0 Å². The first kappa shape index (κ1) is 24.2. The van der Waals surface area contributed by atoms with Gasteiger partial charge in [0, 0.05) is 62.0 Å². The predicted molar refractivity (Wildman–Crippen MR) is 138 cm³/mol. The summed E-state index contributed by atoms with van der Waals surface area (Å²) in [5.74, 6) is 3.35. The molecule has 0 spiro atoms. The third-order valence-corrected chi connectivity index (χ3v) is 7.11. The molecule has 1 atom stereocenters. The van der Waals surface area contributed by atoms with E-state index >= 15 is 0 Å². The van der Waals surface area contributed by atoms with E-state index in [9.17, 15) is 9.70 Å². The minimum atomic E-state index is -0.499. The number of anilines is 1. The molecule has 1 amide bonds. The summed E-state index contributed by atoms with van der Waals surface area (Å²) in [5, 5.41) is 7.46. The summed E-state index contributed by atoms with van der Waals surface area (Å²) < 4.78 is 13.6. The number of pyridine rings is 1. The van der Waals surface area contributed by atoms with Crippen LogP contribution in [0.3, 0.4) is 0 Å². The number of carbonyl (C=O) groups excluding carboxylic acids is 1. The summed E-state index contributed by atoms with van der Waals surface area (Å²) in [5.41, 5.74) is 1.16. The maximum absolute atomic E-state index is 12.8. The minimum absolute atomic E-state index is 0.129. The Morgan fingerprint density at radius 1 is 1.25 bits per heavy atom. The van der Waals surface area contributed by atoms with E-state index in [0.717, 1.165) is 35.8 Å². The number of nitroso groups, excluding NO2 is 1. The largest absolute Gasteiger partial charge is 0.491 e. The summed E-state index contributed by atoms with van der Waals surface area (Å²) in [6.45, 7) is 3.89. The zero-order valence-corrected chi connectivity index (χ0v) is 20.7. The van der Waals surface area contributed by atoms with Crippen LogP contribution < -0.4 is 20.4 Å². The molecule has 5 rings (SSSR count). The molecule has 3 aromatic rings. The van der Waals surface area contributed by atoms with Crippen molar-refractivity contribution in [1.82, 2.24) is 19.4 Å². The van der Waals surface area contributed by atoms with E-state index in [1.807, 2.05) is 22.4 Å². The quantitative estimate of drug-likeness (QED) is 0.455. The Morgan fingerprint density at radius 3 is 2.86 bits per heavy atom. The lowest BCUT2D eigenvalue weighted by Crippen LogP contribution is -2.39. The molecule has 1 saturated heterocycles. The molecule has 0 aliphatic carbocycles. The number of thioether (sulfide) groups is 1. The van der Waals surface area contributed by atoms with Crippen molar-refractivity contribution >= 4 is 34.4 Å². The van der Waals surface area contributed by atoms with Crippen LogP contribution in [0.5, 0.6) is 11.5 Å². The number of nitrogens with zero attached hydrogens (tertiary/aromatic N) is 6. The molecule has 1 N–H and O–H groups in total. The van der Waals surface area contributed by atoms with Gasteiger partial charge in [0.1, 0.15) is 24.0 Å². The fourth-order valence-electron chi connectivity index (χ4n) is 4.37. The molecule has 4 heterocycles. The van der Waals surface area contributed by atoms with E-state index in [4.69, 9.17) is 14.5 Å². The van der Waals surface area contributed by atoms with E-state index in [2.05, 4.69) is 25.4 Å². The van der Waals surface area contributed by atoms with Crippen molar-refractivity contribution < 1.29 is 14.3 Å². The number of ether oxygens (including phenoxy) is 2. The van der Waals surface area contributed by atoms with Crippen LogP contribution in [0.15, 0.2) is 46.8 Å². The first-order valence-electron chi connectivity index (χ1n) is 11.8. The Kier molecular flexibility index (Phi) is 7.42. The van der Waals surface area contributed by atoms with Crippen LogP contribution in [0.1, 0.15) is 10.4 Å². The maximum atomic E-state index is 12.8. The first-order valence-corrected chi connectivity index (χ1v) is 12.9. The number of methoxy groups -OCH3 is 1. The molecular formula is C24H27N7O4S. The third-order valence-electron chi connectivity index (χ3n) is 6.17. The smallest absolute Gasteiger partial charge is 0.281 e. The standard InChI is InChI=1S/C24H27N7O4S/c1-34-21-19(35-15-17(29-33)14-30-9-11-36-12-10-30)5-4-18-20(21)27-24(31-8-7-26-22(18)31)28-23(32)16-3-2-6-25-13-16/h2-6,13,17,26H,7-12,14-15H2,1H3. The second kappa shape index (κ2) is 11.0. The van der Waals surface area contributed by atoms with E-state index in [0.29, 0.717) is 42.2 Å². The molecule has 12 heteroatoms. The maximum Gasteiger partial charge on any atom is 0.281 e. The average molecular weight is 510 g/mol. The fraction of sp³-hybridized carbons (Fsp3) is 0.417. The highest BCUT2D eigenvalue weighted by Crippen LogP contribution is 2.37. The summed E-state index contributed by atoms with van der Waals surface area (Å²) in [4.78, 5) is 39.5. The van der Waals surface area contributed by atoms with E-state index in [1.165, 1.54) is 13.3 Å². The van der Waals surface area contributed by atoms with Crippen LogP contribution in [-0.4, -0.2) is 82.8 Å². The second-order valence-corrected chi connectivity index (χ2v) is 9.70. The number of hydrogen-bond donors (Lipinski definition) is 1. The number of hydrogen-bond acceptors (Lipinski definition) is 10. The summed E-state index contributed by atoms with van der Waals surface area (Å²) >= 11 is 1.92. The molecule has 2 aliphatic heterocycles. The molecule has 11 nitrogen and oxygen atoms in total. The van der Waals surface area contributed by atoms with E-state index in [1.54, 1.807) is 24.4 Å². The van der Waals surface area contributed by atoms with Crippen LogP contribution in [0.25, 0.3) is 10.9 Å². The highest BCUT2D eigenvalue weighted by molar-refractivity contribution is 7.99. The van der Waals surface area contributed by atoms with E-state index < -0.39 is 11.9 Å². The molecule has 1 unspecified atom stereocenters. The molecular weight excluding hydrogens is 482 g/mol. The topological polar surface area (TPSA) is 123 Å². The lowest BCUT2D eigenvalue weighted by atomic mass is 10.2. The third kappa shape index (κ3) is 5.05. The molecule has 1 aromatic carbocycles. The van der Waals surface area contributed by atoms with Crippen LogP contribution in [0, 0.1) is 4.91 Å². The van der Waals surface area contributed by atoms with Crippen molar-refractivity contribution in [1.29, 1.82) is 0 Å². The first-order chi connectivity index (χ1) is 17.7. The number of benzene rings is 1. The molecule has 188 valence electrons. The number of nitrogens with one attached hydrogen (secondary N) is 1. The predicted octanol–water partition coefficient (Wildman–Crippen LogP) is 2.17. The van der Waals surface area contributed by atoms with Gasteiger partial charge in [-0.05, 0) is 24.3 Å². The fourth-order valence-corrected chi connectivity index (χ4v) is 5.35. The molecule has 36 heavy (non-hydrogen) atoms. The normalized spacial score (nSPS) is 16.9. The number of rotatable bonds is 8. The lowest BCUT2D eigenvalue weighted by Gasteiger charge is -2.27. The number of aromatic nitrogens is 3. The minimum Gasteiger partial charge on any atom is -0.491 e. The highest BCUT2D eigenvalue weighted by Gasteiger charge is 2.23. The number of carbonyl (C=O) groups is 1. The molecule has 2 aromatic heterocycles. The summed E-state index contributed by atoms with van der Waals surface area (Å²) in [6, 6.07) is 6.55. The van der Waals surface area contributed by atoms with Gasteiger partial charge in [-0.15, -0.1) is 0 Å². The lowest BCUT2D eigenvalue weighted by molar-refractivity contribution is 0.0996. The Hall–Kier alpha value is -3.51. The van der Waals surface area contributed by atoms with Crippen LogP contribution in [-0.2, 0) is 6.54 Å². The van der Waals surface area contributed by atoms with Gasteiger partial charge < -0.3 is 14.8 Å². The Bertz CT molecular complexity index is 1330. The van der Waals surface area contributed by atoms with Gasteiger partial charge in [0.05, 0.1) is 12.7 Å². The van der Waals surface area contributed by atoms with Crippen LogP contribution in [0.2, 0.25) is 0 Å². The second-order valence-electron chi connectivity index (χ2n) is 8.47. The molecule has 2 aliphatic rings. The van der Waals surface area contributed by atoms with Crippen molar-refractivity contribution in [3.8, 4) is 11.5 Å². The van der Waals surface area contributed by atoms with Crippen molar-refractivity contribution in [2.24, 2.45) is 10.2 Å². The molecule has 1 fully saturated rings. The average Bonchev–Trinajstić information content (AvgIpc) is 3.42. The number of amides is 1. The monoisotopic (exact) mass is 509 g/mol. The molecule has 0 bridgehead atoms. The van der Waals surface area contributed by atoms with Crippen molar-refractivity contribution in [2.45, 2.75) is 12.6 Å². The Labute approximate surface area is 211 Å². The van der Waals surface area contributed by atoms with Crippen molar-refractivity contribution in [2.75, 3.05) is 56.7 Å². The Balaban J connectivity index is 1.47. The van der Waals surface area contributed by atoms with Crippen molar-refractivity contribution in [3.05, 3.63) is 52.7 Å². The van der Waals surface area contributed by atoms with Gasteiger partial charge in [-0.3, -0.25) is 19.2 Å². The highest BCUT2D eigenvalue weighted by atomic mass is 32.2. The Morgan fingerprint density at radius 2 is 2.11 bits per heavy atom. The van der Waals surface area contributed by atoms with Gasteiger partial charge in [-0.1, -0.05) is 5.18 Å². The van der Waals surface area contributed by atoms with Gasteiger partial charge in [-0.2, -0.15) is 21.7 Å². The molecule has 0 saturated carbocycles. The van der Waals surface area contributed by atoms with Gasteiger partial charge in [0.2, 0.25) is 5.62 Å². The van der Waals surface area contributed by atoms with E-state index in [-0.39, 0.29) is 12.2 Å². The van der Waals surface area contributed by atoms with Gasteiger partial charge in [0.15, 0.2) is 11.5 Å². The zero-order valence-electron chi connectivity index (χ0n) is 19.9.